The lowest BCUT2D eigenvalue weighted by Gasteiger charge is -2.31. The van der Waals surface area contributed by atoms with E-state index in [2.05, 4.69) is 5.32 Å². The van der Waals surface area contributed by atoms with Crippen molar-refractivity contribution >= 4 is 40.7 Å². The van der Waals surface area contributed by atoms with Crippen molar-refractivity contribution in [3.05, 3.63) is 64.1 Å². The van der Waals surface area contributed by atoms with Crippen molar-refractivity contribution in [1.29, 1.82) is 0 Å². The number of likely N-dealkylation sites (tertiary alicyclic amines) is 1. The van der Waals surface area contributed by atoms with E-state index in [1.807, 2.05) is 35.2 Å². The molecule has 2 aromatic rings. The molecule has 0 spiro atoms. The van der Waals surface area contributed by atoms with Gasteiger partial charge >= 0.3 is 0 Å². The van der Waals surface area contributed by atoms with E-state index in [4.69, 9.17) is 23.2 Å². The molecule has 0 aromatic heterocycles. The van der Waals surface area contributed by atoms with Gasteiger partial charge in [-0.15, -0.1) is 0 Å². The Morgan fingerprint density at radius 2 is 1.70 bits per heavy atom. The zero-order valence-corrected chi connectivity index (χ0v) is 16.5. The van der Waals surface area contributed by atoms with Crippen molar-refractivity contribution in [2.24, 2.45) is 5.92 Å². The minimum Gasteiger partial charge on any atom is -0.343 e. The van der Waals surface area contributed by atoms with Crippen LogP contribution in [0.25, 0.3) is 0 Å². The molecule has 27 heavy (non-hydrogen) atoms. The number of halogens is 2. The molecule has 142 valence electrons. The Labute approximate surface area is 169 Å². The smallest absolute Gasteiger partial charge is 0.227 e. The number of hydrogen-bond donors (Lipinski definition) is 1. The van der Waals surface area contributed by atoms with Gasteiger partial charge in [0, 0.05) is 25.4 Å². The quantitative estimate of drug-likeness (QED) is 0.777. The first kappa shape index (κ1) is 19.7. The summed E-state index contributed by atoms with van der Waals surface area (Å²) in [7, 11) is 0. The van der Waals surface area contributed by atoms with E-state index in [1.165, 1.54) is 5.56 Å². The van der Waals surface area contributed by atoms with Crippen LogP contribution >= 0.6 is 23.2 Å². The number of carbonyl (C=O) groups excluding carboxylic acids is 2. The summed E-state index contributed by atoms with van der Waals surface area (Å²) in [6.07, 6.45) is 2.55. The van der Waals surface area contributed by atoms with E-state index in [0.29, 0.717) is 48.1 Å². The van der Waals surface area contributed by atoms with E-state index in [9.17, 15) is 9.59 Å². The minimum atomic E-state index is -0.127. The molecule has 2 amide bonds. The molecule has 1 aliphatic heterocycles. The van der Waals surface area contributed by atoms with Crippen LogP contribution in [0.2, 0.25) is 10.0 Å². The predicted molar refractivity (Wildman–Crippen MR) is 109 cm³/mol. The molecule has 6 heteroatoms. The first-order valence-corrected chi connectivity index (χ1v) is 9.87. The Morgan fingerprint density at radius 1 is 1.00 bits per heavy atom. The van der Waals surface area contributed by atoms with Crippen LogP contribution in [0.1, 0.15) is 24.8 Å². The molecule has 1 N–H and O–H groups in total. The highest BCUT2D eigenvalue weighted by molar-refractivity contribution is 6.44. The van der Waals surface area contributed by atoms with Crippen molar-refractivity contribution < 1.29 is 9.59 Å². The van der Waals surface area contributed by atoms with Crippen LogP contribution in [-0.4, -0.2) is 29.8 Å². The summed E-state index contributed by atoms with van der Waals surface area (Å²) >= 11 is 12.1. The summed E-state index contributed by atoms with van der Waals surface area (Å²) in [6, 6.07) is 15.2. The van der Waals surface area contributed by atoms with Gasteiger partial charge in [-0.2, -0.15) is 0 Å². The van der Waals surface area contributed by atoms with Crippen molar-refractivity contribution in [3.63, 3.8) is 0 Å². The fraction of sp³-hybridized carbons (Fsp3) is 0.333. The summed E-state index contributed by atoms with van der Waals surface area (Å²) in [5, 5.41) is 3.61. The van der Waals surface area contributed by atoms with Gasteiger partial charge in [0.15, 0.2) is 0 Å². The second-order valence-corrected chi connectivity index (χ2v) is 7.52. The molecule has 1 aliphatic rings. The van der Waals surface area contributed by atoms with E-state index in [-0.39, 0.29) is 17.7 Å². The van der Waals surface area contributed by atoms with Gasteiger partial charge in [0.2, 0.25) is 11.8 Å². The van der Waals surface area contributed by atoms with Crippen LogP contribution in [0.3, 0.4) is 0 Å². The third-order valence-electron chi connectivity index (χ3n) is 4.90. The second-order valence-electron chi connectivity index (χ2n) is 6.73. The standard InChI is InChI=1S/C21H22Cl2N2O2/c22-17-7-4-8-18(20(17)23)24-21(27)16-11-13-25(14-12-16)19(26)10-9-15-5-2-1-3-6-15/h1-8,16H,9-14H2,(H,24,27). The predicted octanol–water partition coefficient (Wildman–Crippen LogP) is 4.80. The van der Waals surface area contributed by atoms with Gasteiger partial charge in [-0.25, -0.2) is 0 Å². The summed E-state index contributed by atoms with van der Waals surface area (Å²) < 4.78 is 0. The van der Waals surface area contributed by atoms with Gasteiger partial charge < -0.3 is 10.2 Å². The van der Waals surface area contributed by atoms with Crippen molar-refractivity contribution in [2.75, 3.05) is 18.4 Å². The number of rotatable bonds is 5. The molecule has 3 rings (SSSR count). The second kappa shape index (κ2) is 9.25. The van der Waals surface area contributed by atoms with Crippen LogP contribution in [0.5, 0.6) is 0 Å². The number of carbonyl (C=O) groups is 2. The Bertz CT molecular complexity index is 803. The first-order chi connectivity index (χ1) is 13.0. The molecular formula is C21H22Cl2N2O2. The number of hydrogen-bond acceptors (Lipinski definition) is 2. The Balaban J connectivity index is 1.47. The monoisotopic (exact) mass is 404 g/mol. The van der Waals surface area contributed by atoms with Gasteiger partial charge in [-0.3, -0.25) is 9.59 Å². The van der Waals surface area contributed by atoms with Gasteiger partial charge in [0.05, 0.1) is 15.7 Å². The van der Waals surface area contributed by atoms with Crippen LogP contribution < -0.4 is 5.32 Å². The number of piperidine rings is 1. The molecule has 2 aromatic carbocycles. The Kier molecular flexibility index (Phi) is 6.75. The summed E-state index contributed by atoms with van der Waals surface area (Å²) in [4.78, 5) is 26.8. The van der Waals surface area contributed by atoms with Gasteiger partial charge in [-0.1, -0.05) is 59.6 Å². The molecule has 0 aliphatic carbocycles. The summed E-state index contributed by atoms with van der Waals surface area (Å²) in [5.74, 6) is -0.0515. The van der Waals surface area contributed by atoms with E-state index >= 15 is 0 Å². The SMILES string of the molecule is O=C(Nc1cccc(Cl)c1Cl)C1CCN(C(=O)CCc2ccccc2)CC1. The molecule has 0 saturated carbocycles. The maximum atomic E-state index is 12.5. The van der Waals surface area contributed by atoms with Crippen molar-refractivity contribution in [1.82, 2.24) is 4.90 Å². The van der Waals surface area contributed by atoms with Gasteiger partial charge in [0.25, 0.3) is 0 Å². The number of nitrogens with one attached hydrogen (secondary N) is 1. The van der Waals surface area contributed by atoms with E-state index < -0.39 is 0 Å². The maximum Gasteiger partial charge on any atom is 0.227 e. The number of aryl methyl sites for hydroxylation is 1. The highest BCUT2D eigenvalue weighted by atomic mass is 35.5. The van der Waals surface area contributed by atoms with Crippen LogP contribution in [0.4, 0.5) is 5.69 Å². The van der Waals surface area contributed by atoms with E-state index in [0.717, 1.165) is 6.42 Å². The third kappa shape index (κ3) is 5.24. The van der Waals surface area contributed by atoms with Gasteiger partial charge in [-0.05, 0) is 37.0 Å². The largest absolute Gasteiger partial charge is 0.343 e. The first-order valence-electron chi connectivity index (χ1n) is 9.11. The highest BCUT2D eigenvalue weighted by Gasteiger charge is 2.27. The third-order valence-corrected chi connectivity index (χ3v) is 5.72. The molecule has 4 nitrogen and oxygen atoms in total. The van der Waals surface area contributed by atoms with Crippen molar-refractivity contribution in [3.8, 4) is 0 Å². The normalized spacial score (nSPS) is 14.8. The maximum absolute atomic E-state index is 12.5. The van der Waals surface area contributed by atoms with Gasteiger partial charge in [0.1, 0.15) is 0 Å². The Morgan fingerprint density at radius 3 is 2.41 bits per heavy atom. The van der Waals surface area contributed by atoms with E-state index in [1.54, 1.807) is 18.2 Å². The minimum absolute atomic E-state index is 0.0736. The molecule has 0 atom stereocenters. The van der Waals surface area contributed by atoms with Crippen molar-refractivity contribution in [2.45, 2.75) is 25.7 Å². The fourth-order valence-electron chi connectivity index (χ4n) is 3.28. The van der Waals surface area contributed by atoms with Crippen LogP contribution in [0, 0.1) is 5.92 Å². The molecule has 0 unspecified atom stereocenters. The zero-order valence-electron chi connectivity index (χ0n) is 15.0. The van der Waals surface area contributed by atoms with Crippen LogP contribution in [-0.2, 0) is 16.0 Å². The number of anilines is 1. The molecule has 0 radical (unpaired) electrons. The average molecular weight is 405 g/mol. The fourth-order valence-corrected chi connectivity index (χ4v) is 3.63. The lowest BCUT2D eigenvalue weighted by atomic mass is 9.95. The molecule has 1 fully saturated rings. The summed E-state index contributed by atoms with van der Waals surface area (Å²) in [6.45, 7) is 1.21. The summed E-state index contributed by atoms with van der Waals surface area (Å²) in [5.41, 5.74) is 1.69. The zero-order chi connectivity index (χ0) is 19.2. The Hall–Kier alpha value is -2.04. The topological polar surface area (TPSA) is 49.4 Å². The molecular weight excluding hydrogens is 383 g/mol. The lowest BCUT2D eigenvalue weighted by Crippen LogP contribution is -2.41. The molecule has 0 bridgehead atoms. The molecule has 1 heterocycles. The highest BCUT2D eigenvalue weighted by Crippen LogP contribution is 2.30. The number of nitrogens with zero attached hydrogens (tertiary/aromatic N) is 1. The average Bonchev–Trinajstić information content (AvgIpc) is 2.70. The number of amides is 2. The van der Waals surface area contributed by atoms with Crippen LogP contribution in [0.15, 0.2) is 48.5 Å². The number of benzene rings is 2. The molecule has 1 saturated heterocycles. The lowest BCUT2D eigenvalue weighted by molar-refractivity contribution is -0.134.